The van der Waals surface area contributed by atoms with Gasteiger partial charge in [0.05, 0.1) is 22.3 Å². The minimum absolute atomic E-state index is 0.0756. The standard InChI is InChI=1S/C14H15ClF2N4O/c15-9-3-7(1-2-10(9)17)13(18)12(14(19)22)11-6-20-5-8(4-16)21-11/h1-3,8,18,20-21H,4-6H2,(H2,19,22)/b12-11+,18-13?. The number of nitrogens with one attached hydrogen (secondary N) is 3. The molecule has 0 saturated carbocycles. The third-order valence-corrected chi connectivity index (χ3v) is 3.55. The van der Waals surface area contributed by atoms with Crippen LogP contribution in [-0.2, 0) is 4.79 Å². The molecule has 1 amide bonds. The number of primary amides is 1. The van der Waals surface area contributed by atoms with Gasteiger partial charge in [-0.2, -0.15) is 0 Å². The van der Waals surface area contributed by atoms with E-state index in [0.29, 0.717) is 12.2 Å². The zero-order valence-electron chi connectivity index (χ0n) is 11.6. The SMILES string of the molecule is N=C(/C(C(N)=O)=C1/CNCC(CF)N1)c1ccc(F)c(Cl)c1. The number of nitrogens with two attached hydrogens (primary N) is 1. The number of rotatable bonds is 4. The van der Waals surface area contributed by atoms with Crippen LogP contribution in [0.3, 0.4) is 0 Å². The van der Waals surface area contributed by atoms with E-state index in [2.05, 4.69) is 10.6 Å². The first-order valence-corrected chi connectivity index (χ1v) is 6.92. The summed E-state index contributed by atoms with van der Waals surface area (Å²) in [6.07, 6.45) is 0. The fourth-order valence-electron chi connectivity index (χ4n) is 2.19. The van der Waals surface area contributed by atoms with E-state index >= 15 is 0 Å². The Morgan fingerprint density at radius 3 is 2.82 bits per heavy atom. The Bertz CT molecular complexity index is 648. The molecule has 1 saturated heterocycles. The molecule has 0 aromatic heterocycles. The smallest absolute Gasteiger partial charge is 0.252 e. The van der Waals surface area contributed by atoms with Gasteiger partial charge in [-0.25, -0.2) is 8.78 Å². The highest BCUT2D eigenvalue weighted by Crippen LogP contribution is 2.19. The number of hydrogen-bond donors (Lipinski definition) is 4. The molecule has 1 atom stereocenters. The first-order valence-electron chi connectivity index (χ1n) is 6.54. The van der Waals surface area contributed by atoms with Gasteiger partial charge in [0.25, 0.3) is 5.91 Å². The molecule has 1 aromatic carbocycles. The minimum Gasteiger partial charge on any atom is -0.380 e. The second-order valence-electron chi connectivity index (χ2n) is 4.85. The second-order valence-corrected chi connectivity index (χ2v) is 5.26. The molecule has 8 heteroatoms. The molecule has 1 heterocycles. The lowest BCUT2D eigenvalue weighted by atomic mass is 9.98. The zero-order chi connectivity index (χ0) is 16.3. The monoisotopic (exact) mass is 328 g/mol. The second kappa shape index (κ2) is 6.85. The Morgan fingerprint density at radius 1 is 1.50 bits per heavy atom. The van der Waals surface area contributed by atoms with Crippen molar-refractivity contribution in [3.05, 3.63) is 45.9 Å². The maximum Gasteiger partial charge on any atom is 0.252 e. The van der Waals surface area contributed by atoms with E-state index in [4.69, 9.17) is 22.7 Å². The van der Waals surface area contributed by atoms with Gasteiger partial charge in [0, 0.05) is 24.4 Å². The van der Waals surface area contributed by atoms with Crippen LogP contribution >= 0.6 is 11.6 Å². The summed E-state index contributed by atoms with van der Waals surface area (Å²) in [6, 6.07) is 3.18. The van der Waals surface area contributed by atoms with Crippen LogP contribution in [0.4, 0.5) is 8.78 Å². The van der Waals surface area contributed by atoms with Gasteiger partial charge in [-0.1, -0.05) is 11.6 Å². The van der Waals surface area contributed by atoms with Crippen molar-refractivity contribution in [2.75, 3.05) is 19.8 Å². The van der Waals surface area contributed by atoms with E-state index in [1.807, 2.05) is 0 Å². The predicted octanol–water partition coefficient (Wildman–Crippen LogP) is 1.12. The quantitative estimate of drug-likeness (QED) is 0.493. The van der Waals surface area contributed by atoms with Crippen LogP contribution in [0.25, 0.3) is 0 Å². The molecule has 118 valence electrons. The number of benzene rings is 1. The summed E-state index contributed by atoms with van der Waals surface area (Å²) in [5.74, 6) is -1.45. The van der Waals surface area contributed by atoms with E-state index in [9.17, 15) is 13.6 Å². The van der Waals surface area contributed by atoms with Gasteiger partial charge >= 0.3 is 0 Å². The highest BCUT2D eigenvalue weighted by molar-refractivity contribution is 6.32. The van der Waals surface area contributed by atoms with Gasteiger partial charge in [-0.3, -0.25) is 10.2 Å². The average molecular weight is 329 g/mol. The molecule has 1 aromatic rings. The molecule has 2 rings (SSSR count). The predicted molar refractivity (Wildman–Crippen MR) is 80.2 cm³/mol. The van der Waals surface area contributed by atoms with Gasteiger partial charge in [-0.05, 0) is 18.2 Å². The lowest BCUT2D eigenvalue weighted by molar-refractivity contribution is -0.114. The summed E-state index contributed by atoms with van der Waals surface area (Å²) < 4.78 is 26.0. The summed E-state index contributed by atoms with van der Waals surface area (Å²) in [7, 11) is 0. The lowest BCUT2D eigenvalue weighted by Crippen LogP contribution is -2.49. The van der Waals surface area contributed by atoms with Crippen LogP contribution < -0.4 is 16.4 Å². The van der Waals surface area contributed by atoms with Crippen LogP contribution in [0.1, 0.15) is 5.56 Å². The molecule has 0 bridgehead atoms. The Morgan fingerprint density at radius 2 is 2.23 bits per heavy atom. The Balaban J connectivity index is 2.40. The minimum atomic E-state index is -0.825. The van der Waals surface area contributed by atoms with Crippen molar-refractivity contribution in [1.82, 2.24) is 10.6 Å². The maximum absolute atomic E-state index is 13.2. The summed E-state index contributed by atoms with van der Waals surface area (Å²) in [5.41, 5.74) is 5.67. The van der Waals surface area contributed by atoms with E-state index < -0.39 is 24.4 Å². The topological polar surface area (TPSA) is 91.0 Å². The molecule has 0 radical (unpaired) electrons. The van der Waals surface area contributed by atoms with Crippen LogP contribution in [-0.4, -0.2) is 37.4 Å². The average Bonchev–Trinajstić information content (AvgIpc) is 2.50. The molecule has 1 aliphatic rings. The van der Waals surface area contributed by atoms with E-state index in [-0.39, 0.29) is 28.4 Å². The summed E-state index contributed by atoms with van der Waals surface area (Å²) in [5, 5.41) is 13.8. The van der Waals surface area contributed by atoms with Crippen molar-refractivity contribution < 1.29 is 13.6 Å². The largest absolute Gasteiger partial charge is 0.380 e. The van der Waals surface area contributed by atoms with Crippen molar-refractivity contribution in [1.29, 1.82) is 5.41 Å². The van der Waals surface area contributed by atoms with Gasteiger partial charge in [0.15, 0.2) is 0 Å². The molecule has 1 unspecified atom stereocenters. The van der Waals surface area contributed by atoms with Gasteiger partial charge in [0.1, 0.15) is 12.5 Å². The van der Waals surface area contributed by atoms with Gasteiger partial charge < -0.3 is 16.4 Å². The molecule has 5 N–H and O–H groups in total. The fraction of sp³-hybridized carbons (Fsp3) is 0.286. The van der Waals surface area contributed by atoms with Crippen molar-refractivity contribution in [2.45, 2.75) is 6.04 Å². The van der Waals surface area contributed by atoms with Crippen molar-refractivity contribution in [2.24, 2.45) is 5.73 Å². The Labute approximate surface area is 131 Å². The maximum atomic E-state index is 13.2. The normalized spacial score (nSPS) is 20.2. The first kappa shape index (κ1) is 16.4. The summed E-state index contributed by atoms with van der Waals surface area (Å²) in [4.78, 5) is 11.7. The van der Waals surface area contributed by atoms with Crippen molar-refractivity contribution in [3.63, 3.8) is 0 Å². The molecular formula is C14H15ClF2N4O. The number of hydrogen-bond acceptors (Lipinski definition) is 4. The first-order chi connectivity index (χ1) is 10.4. The molecular weight excluding hydrogens is 314 g/mol. The van der Waals surface area contributed by atoms with Crippen molar-refractivity contribution >= 4 is 23.2 Å². The molecule has 0 aliphatic carbocycles. The number of amides is 1. The van der Waals surface area contributed by atoms with Gasteiger partial charge in [0.2, 0.25) is 0 Å². The van der Waals surface area contributed by atoms with Crippen LogP contribution in [0.15, 0.2) is 29.5 Å². The number of alkyl halides is 1. The van der Waals surface area contributed by atoms with Crippen LogP contribution in [0, 0.1) is 11.2 Å². The van der Waals surface area contributed by atoms with Gasteiger partial charge in [-0.15, -0.1) is 0 Å². The molecule has 22 heavy (non-hydrogen) atoms. The van der Waals surface area contributed by atoms with Crippen molar-refractivity contribution in [3.8, 4) is 0 Å². The van der Waals surface area contributed by atoms with E-state index in [1.165, 1.54) is 12.1 Å². The third-order valence-electron chi connectivity index (χ3n) is 3.26. The van der Waals surface area contributed by atoms with E-state index in [0.717, 1.165) is 6.07 Å². The molecule has 0 spiro atoms. The molecule has 1 aliphatic heterocycles. The number of halogens is 3. The third kappa shape index (κ3) is 3.42. The van der Waals surface area contributed by atoms with Crippen LogP contribution in [0.2, 0.25) is 5.02 Å². The molecule has 1 fully saturated rings. The summed E-state index contributed by atoms with van der Waals surface area (Å²) >= 11 is 5.69. The number of carbonyl (C=O) groups is 1. The number of carbonyl (C=O) groups excluding carboxylic acids is 1. The highest BCUT2D eigenvalue weighted by Gasteiger charge is 2.24. The van der Waals surface area contributed by atoms with E-state index in [1.54, 1.807) is 0 Å². The lowest BCUT2D eigenvalue weighted by Gasteiger charge is -2.27. The molecule has 5 nitrogen and oxygen atoms in total. The fourth-order valence-corrected chi connectivity index (χ4v) is 2.37. The Kier molecular flexibility index (Phi) is 5.10. The van der Waals surface area contributed by atoms with Crippen LogP contribution in [0.5, 0.6) is 0 Å². The number of piperazine rings is 1. The highest BCUT2D eigenvalue weighted by atomic mass is 35.5. The Hall–Kier alpha value is -1.99. The summed E-state index contributed by atoms with van der Waals surface area (Å²) in [6.45, 7) is 0.0338. The zero-order valence-corrected chi connectivity index (χ0v) is 12.3.